The van der Waals surface area contributed by atoms with Gasteiger partial charge in [-0.2, -0.15) is 0 Å². The summed E-state index contributed by atoms with van der Waals surface area (Å²) < 4.78 is 4.92. The number of benzene rings is 2. The molecule has 4 heteroatoms. The number of carbonyl (C=O) groups is 1. The van der Waals surface area contributed by atoms with Gasteiger partial charge in [-0.05, 0) is 54.2 Å². The van der Waals surface area contributed by atoms with E-state index in [4.69, 9.17) is 16.3 Å². The Morgan fingerprint density at radius 3 is 2.88 bits per heavy atom. The van der Waals surface area contributed by atoms with Crippen molar-refractivity contribution in [2.75, 3.05) is 12.4 Å². The average molecular weight is 354 g/mol. The molecule has 0 bridgehead atoms. The van der Waals surface area contributed by atoms with Crippen molar-refractivity contribution >= 4 is 23.3 Å². The maximum absolute atomic E-state index is 12.1. The van der Waals surface area contributed by atoms with Crippen LogP contribution in [0, 0.1) is 12.8 Å². The second kappa shape index (κ2) is 6.23. The lowest BCUT2D eigenvalue weighted by atomic mass is 9.76. The molecular weight excluding hydrogens is 334 g/mol. The zero-order chi connectivity index (χ0) is 17.6. The molecule has 2 aromatic rings. The number of ether oxygens (including phenoxy) is 1. The molecule has 1 N–H and O–H groups in total. The van der Waals surface area contributed by atoms with E-state index in [1.165, 1.54) is 18.2 Å². The summed E-state index contributed by atoms with van der Waals surface area (Å²) in [5, 5.41) is 4.44. The summed E-state index contributed by atoms with van der Waals surface area (Å²) in [6, 6.07) is 12.1. The van der Waals surface area contributed by atoms with Crippen molar-refractivity contribution in [1.29, 1.82) is 0 Å². The normalized spacial score (nSPS) is 23.6. The molecule has 0 spiro atoms. The van der Waals surface area contributed by atoms with Crippen molar-refractivity contribution in [2.24, 2.45) is 5.92 Å². The molecule has 2 aliphatic rings. The Balaban J connectivity index is 1.83. The van der Waals surface area contributed by atoms with Crippen LogP contribution >= 0.6 is 11.6 Å². The summed E-state index contributed by atoms with van der Waals surface area (Å²) in [4.78, 5) is 12.1. The van der Waals surface area contributed by atoms with Crippen LogP contribution in [0.2, 0.25) is 5.02 Å². The van der Waals surface area contributed by atoms with E-state index in [0.717, 1.165) is 22.7 Å². The number of anilines is 1. The molecule has 3 atom stereocenters. The van der Waals surface area contributed by atoms with Crippen LogP contribution in [-0.2, 0) is 4.74 Å². The van der Waals surface area contributed by atoms with E-state index in [2.05, 4.69) is 29.6 Å². The fourth-order valence-electron chi connectivity index (χ4n) is 4.18. The molecule has 3 nitrogen and oxygen atoms in total. The van der Waals surface area contributed by atoms with Crippen LogP contribution in [0.1, 0.15) is 45.4 Å². The highest BCUT2D eigenvalue weighted by atomic mass is 35.5. The summed E-state index contributed by atoms with van der Waals surface area (Å²) in [5.41, 5.74) is 5.02. The molecule has 25 heavy (non-hydrogen) atoms. The third-order valence-electron chi connectivity index (χ3n) is 5.41. The number of hydrogen-bond acceptors (Lipinski definition) is 3. The van der Waals surface area contributed by atoms with Gasteiger partial charge in [0, 0.05) is 16.6 Å². The number of allylic oxidation sites excluding steroid dienone is 2. The molecule has 0 radical (unpaired) electrons. The first-order valence-corrected chi connectivity index (χ1v) is 8.88. The van der Waals surface area contributed by atoms with Gasteiger partial charge >= 0.3 is 5.97 Å². The second-order valence-corrected chi connectivity index (χ2v) is 7.16. The van der Waals surface area contributed by atoms with Crippen LogP contribution in [-0.4, -0.2) is 13.1 Å². The monoisotopic (exact) mass is 353 g/mol. The number of esters is 1. The molecule has 1 heterocycles. The van der Waals surface area contributed by atoms with E-state index in [1.54, 1.807) is 0 Å². The predicted molar refractivity (Wildman–Crippen MR) is 100 cm³/mol. The number of hydrogen-bond donors (Lipinski definition) is 1. The highest BCUT2D eigenvalue weighted by molar-refractivity contribution is 6.30. The molecule has 4 rings (SSSR count). The van der Waals surface area contributed by atoms with Gasteiger partial charge in [0.1, 0.15) is 0 Å². The number of carbonyl (C=O) groups excluding carboxylic acids is 1. The zero-order valence-electron chi connectivity index (χ0n) is 14.3. The van der Waals surface area contributed by atoms with Gasteiger partial charge < -0.3 is 10.1 Å². The topological polar surface area (TPSA) is 38.3 Å². The van der Waals surface area contributed by atoms with Crippen molar-refractivity contribution < 1.29 is 9.53 Å². The van der Waals surface area contributed by atoms with Gasteiger partial charge in [-0.3, -0.25) is 0 Å². The third kappa shape index (κ3) is 2.63. The first kappa shape index (κ1) is 16.2. The Hall–Kier alpha value is -2.26. The minimum atomic E-state index is -0.300. The van der Waals surface area contributed by atoms with Crippen molar-refractivity contribution in [3.63, 3.8) is 0 Å². The number of nitrogens with one attached hydrogen (secondary N) is 1. The zero-order valence-corrected chi connectivity index (χ0v) is 15.0. The lowest BCUT2D eigenvalue weighted by Gasteiger charge is -2.38. The minimum Gasteiger partial charge on any atom is -0.465 e. The molecule has 0 saturated carbocycles. The maximum atomic E-state index is 12.1. The van der Waals surface area contributed by atoms with Crippen molar-refractivity contribution in [3.05, 3.63) is 75.8 Å². The lowest BCUT2D eigenvalue weighted by molar-refractivity contribution is 0.0600. The van der Waals surface area contributed by atoms with Crippen LogP contribution in [0.15, 0.2) is 48.6 Å². The average Bonchev–Trinajstić information content (AvgIpc) is 3.11. The quantitative estimate of drug-likeness (QED) is 0.591. The molecule has 0 aromatic heterocycles. The summed E-state index contributed by atoms with van der Waals surface area (Å²) >= 11 is 6.22. The van der Waals surface area contributed by atoms with Crippen molar-refractivity contribution in [1.82, 2.24) is 0 Å². The lowest BCUT2D eigenvalue weighted by Crippen LogP contribution is -2.30. The van der Waals surface area contributed by atoms with E-state index in [1.807, 2.05) is 31.2 Å². The van der Waals surface area contributed by atoms with E-state index < -0.39 is 0 Å². The molecule has 1 aliphatic carbocycles. The summed E-state index contributed by atoms with van der Waals surface area (Å²) in [6.07, 6.45) is 5.58. The summed E-state index contributed by atoms with van der Waals surface area (Å²) in [5.74, 6) is 0.505. The van der Waals surface area contributed by atoms with Crippen LogP contribution < -0.4 is 5.32 Å². The van der Waals surface area contributed by atoms with Crippen LogP contribution in [0.4, 0.5) is 5.69 Å². The van der Waals surface area contributed by atoms with Crippen molar-refractivity contribution in [3.8, 4) is 0 Å². The van der Waals surface area contributed by atoms with Gasteiger partial charge in [-0.1, -0.05) is 42.0 Å². The van der Waals surface area contributed by atoms with E-state index in [-0.39, 0.29) is 12.0 Å². The third-order valence-corrected chi connectivity index (χ3v) is 5.65. The van der Waals surface area contributed by atoms with E-state index >= 15 is 0 Å². The number of halogens is 1. The van der Waals surface area contributed by atoms with Crippen molar-refractivity contribution in [2.45, 2.75) is 25.3 Å². The first-order chi connectivity index (χ1) is 12.1. The number of fused-ring (bicyclic) bond motifs is 3. The fraction of sp³-hybridized carbons (Fsp3) is 0.286. The molecule has 128 valence electrons. The molecular formula is C21H20ClNO2. The maximum Gasteiger partial charge on any atom is 0.338 e. The summed E-state index contributed by atoms with van der Waals surface area (Å²) in [6.45, 7) is 1.98. The Bertz CT molecular complexity index is 874. The Labute approximate surface area is 152 Å². The minimum absolute atomic E-state index is 0.165. The number of methoxy groups -OCH3 is 1. The Morgan fingerprint density at radius 1 is 1.28 bits per heavy atom. The van der Waals surface area contributed by atoms with Gasteiger partial charge in [0.2, 0.25) is 0 Å². The Kier molecular flexibility index (Phi) is 4.04. The molecule has 0 amide bonds. The largest absolute Gasteiger partial charge is 0.465 e. The van der Waals surface area contributed by atoms with Crippen LogP contribution in [0.25, 0.3) is 0 Å². The predicted octanol–water partition coefficient (Wildman–Crippen LogP) is 5.26. The number of rotatable bonds is 2. The molecule has 0 saturated heterocycles. The smallest absolute Gasteiger partial charge is 0.338 e. The second-order valence-electron chi connectivity index (χ2n) is 6.72. The first-order valence-electron chi connectivity index (χ1n) is 8.50. The Morgan fingerprint density at radius 2 is 2.12 bits per heavy atom. The van der Waals surface area contributed by atoms with Gasteiger partial charge in [-0.15, -0.1) is 0 Å². The highest BCUT2D eigenvalue weighted by Crippen LogP contribution is 2.51. The summed E-state index contributed by atoms with van der Waals surface area (Å²) in [7, 11) is 1.42. The van der Waals surface area contributed by atoms with Crippen LogP contribution in [0.5, 0.6) is 0 Å². The van der Waals surface area contributed by atoms with Gasteiger partial charge in [0.05, 0.1) is 18.7 Å². The van der Waals surface area contributed by atoms with E-state index in [9.17, 15) is 4.79 Å². The van der Waals surface area contributed by atoms with Gasteiger partial charge in [0.15, 0.2) is 0 Å². The molecule has 2 aromatic carbocycles. The van der Waals surface area contributed by atoms with Crippen LogP contribution in [0.3, 0.4) is 0 Å². The van der Waals surface area contributed by atoms with Gasteiger partial charge in [0.25, 0.3) is 0 Å². The molecule has 0 unspecified atom stereocenters. The SMILES string of the molecule is COC(=O)c1ccc2c(c1C)N[C@H](c1cccc(Cl)c1)[C@H]1CC=C[C@@H]21. The standard InChI is InChI=1S/C21H20ClNO2/c1-12-15(21(24)25-2)9-10-18-16-7-4-8-17(16)20(23-19(12)18)13-5-3-6-14(22)11-13/h3-7,9-11,16-17,20,23H,8H2,1-2H3/t16-,17+,20-/m1/s1. The molecule has 1 aliphatic heterocycles. The van der Waals surface area contributed by atoms with Gasteiger partial charge in [-0.25, -0.2) is 4.79 Å². The van der Waals surface area contributed by atoms with E-state index in [0.29, 0.717) is 17.4 Å². The fourth-order valence-corrected chi connectivity index (χ4v) is 4.37. The highest BCUT2D eigenvalue weighted by Gasteiger charge is 2.39. The molecule has 0 fully saturated rings.